The van der Waals surface area contributed by atoms with Gasteiger partial charge in [-0.25, -0.2) is 13.6 Å². The van der Waals surface area contributed by atoms with E-state index in [9.17, 15) is 8.42 Å². The minimum atomic E-state index is -3.70. The molecule has 0 spiro atoms. The third-order valence-electron chi connectivity index (χ3n) is 4.16. The predicted octanol–water partition coefficient (Wildman–Crippen LogP) is 0.837. The Labute approximate surface area is 126 Å². The molecule has 21 heavy (non-hydrogen) atoms. The van der Waals surface area contributed by atoms with Crippen LogP contribution in [0.2, 0.25) is 0 Å². The fraction of sp³-hybridized carbons (Fsp3) is 0.571. The molecule has 1 unspecified atom stereocenters. The molecule has 1 aliphatic rings. The zero-order valence-corrected chi connectivity index (χ0v) is 13.4. The normalized spacial score (nSPS) is 19.4. The summed E-state index contributed by atoms with van der Waals surface area (Å²) in [5, 5.41) is 5.20. The van der Waals surface area contributed by atoms with Crippen LogP contribution in [0.4, 0.5) is 11.4 Å². The SMILES string of the molecule is CCN(CC)C1CCN(c2cc(S(N)(=O)=O)ccc2N)C1. The molecule has 0 bridgehead atoms. The molecule has 1 fully saturated rings. The van der Waals surface area contributed by atoms with Crippen molar-refractivity contribution in [3.63, 3.8) is 0 Å². The van der Waals surface area contributed by atoms with Gasteiger partial charge < -0.3 is 10.6 Å². The van der Waals surface area contributed by atoms with Gasteiger partial charge in [0.15, 0.2) is 0 Å². The van der Waals surface area contributed by atoms with Crippen LogP contribution in [0.5, 0.6) is 0 Å². The molecule has 0 aromatic heterocycles. The van der Waals surface area contributed by atoms with Gasteiger partial charge in [0.05, 0.1) is 16.3 Å². The number of sulfonamides is 1. The highest BCUT2D eigenvalue weighted by atomic mass is 32.2. The van der Waals surface area contributed by atoms with Crippen molar-refractivity contribution in [3.8, 4) is 0 Å². The van der Waals surface area contributed by atoms with Gasteiger partial charge in [0, 0.05) is 19.1 Å². The van der Waals surface area contributed by atoms with E-state index in [0.717, 1.165) is 38.3 Å². The summed E-state index contributed by atoms with van der Waals surface area (Å²) in [7, 11) is -3.70. The van der Waals surface area contributed by atoms with E-state index >= 15 is 0 Å². The van der Waals surface area contributed by atoms with Crippen LogP contribution < -0.4 is 15.8 Å². The Hall–Kier alpha value is -1.31. The van der Waals surface area contributed by atoms with E-state index in [0.29, 0.717) is 11.7 Å². The average molecular weight is 312 g/mol. The van der Waals surface area contributed by atoms with Crippen LogP contribution in [0.15, 0.2) is 23.1 Å². The van der Waals surface area contributed by atoms with Crippen molar-refractivity contribution < 1.29 is 8.42 Å². The van der Waals surface area contributed by atoms with E-state index in [1.165, 1.54) is 6.07 Å². The predicted molar refractivity (Wildman–Crippen MR) is 85.8 cm³/mol. The molecule has 4 N–H and O–H groups in total. The number of hydrogen-bond donors (Lipinski definition) is 2. The highest BCUT2D eigenvalue weighted by Crippen LogP contribution is 2.30. The molecule has 7 heteroatoms. The Morgan fingerprint density at radius 1 is 1.33 bits per heavy atom. The van der Waals surface area contributed by atoms with E-state index in [2.05, 4.69) is 23.6 Å². The minimum Gasteiger partial charge on any atom is -0.397 e. The topological polar surface area (TPSA) is 92.7 Å². The van der Waals surface area contributed by atoms with Crippen LogP contribution in [0.1, 0.15) is 20.3 Å². The fourth-order valence-corrected chi connectivity index (χ4v) is 3.51. The first-order valence-corrected chi connectivity index (χ1v) is 8.82. The van der Waals surface area contributed by atoms with Gasteiger partial charge in [-0.15, -0.1) is 0 Å². The lowest BCUT2D eigenvalue weighted by molar-refractivity contribution is 0.232. The Kier molecular flexibility index (Phi) is 4.75. The third-order valence-corrected chi connectivity index (χ3v) is 5.07. The maximum atomic E-state index is 11.5. The highest BCUT2D eigenvalue weighted by Gasteiger charge is 2.27. The largest absolute Gasteiger partial charge is 0.397 e. The van der Waals surface area contributed by atoms with Gasteiger partial charge in [0.25, 0.3) is 0 Å². The summed E-state index contributed by atoms with van der Waals surface area (Å²) in [4.78, 5) is 4.67. The van der Waals surface area contributed by atoms with Gasteiger partial charge in [0.1, 0.15) is 0 Å². The maximum absolute atomic E-state index is 11.5. The minimum absolute atomic E-state index is 0.109. The number of rotatable bonds is 5. The maximum Gasteiger partial charge on any atom is 0.238 e. The van der Waals surface area contributed by atoms with Gasteiger partial charge >= 0.3 is 0 Å². The number of benzene rings is 1. The van der Waals surface area contributed by atoms with Crippen LogP contribution in [-0.2, 0) is 10.0 Å². The molecular formula is C14H24N4O2S. The number of primary sulfonamides is 1. The quantitative estimate of drug-likeness (QED) is 0.786. The summed E-state index contributed by atoms with van der Waals surface area (Å²) >= 11 is 0. The van der Waals surface area contributed by atoms with Crippen LogP contribution in [0.3, 0.4) is 0 Å². The van der Waals surface area contributed by atoms with E-state index in [1.807, 2.05) is 0 Å². The fourth-order valence-electron chi connectivity index (χ4n) is 2.97. The molecule has 0 amide bonds. The van der Waals surface area contributed by atoms with Crippen molar-refractivity contribution in [2.24, 2.45) is 5.14 Å². The summed E-state index contributed by atoms with van der Waals surface area (Å²) in [6.07, 6.45) is 1.06. The van der Waals surface area contributed by atoms with E-state index in [1.54, 1.807) is 12.1 Å². The van der Waals surface area contributed by atoms with Crippen molar-refractivity contribution in [1.29, 1.82) is 0 Å². The second kappa shape index (κ2) is 6.21. The molecule has 1 aromatic carbocycles. The molecule has 1 heterocycles. The Balaban J connectivity index is 2.24. The Morgan fingerprint density at radius 3 is 2.57 bits per heavy atom. The molecule has 1 saturated heterocycles. The Bertz CT molecular complexity index is 599. The number of nitrogens with two attached hydrogens (primary N) is 2. The number of nitrogen functional groups attached to an aromatic ring is 1. The second-order valence-corrected chi connectivity index (χ2v) is 6.94. The Morgan fingerprint density at radius 2 is 2.00 bits per heavy atom. The lowest BCUT2D eigenvalue weighted by atomic mass is 10.2. The lowest BCUT2D eigenvalue weighted by Crippen LogP contribution is -2.37. The molecule has 1 atom stereocenters. The van der Waals surface area contributed by atoms with Crippen molar-refractivity contribution in [3.05, 3.63) is 18.2 Å². The third kappa shape index (κ3) is 3.48. The van der Waals surface area contributed by atoms with E-state index in [-0.39, 0.29) is 4.90 Å². The van der Waals surface area contributed by atoms with E-state index in [4.69, 9.17) is 10.9 Å². The van der Waals surface area contributed by atoms with Crippen molar-refractivity contribution in [1.82, 2.24) is 4.90 Å². The van der Waals surface area contributed by atoms with Gasteiger partial charge in [-0.1, -0.05) is 13.8 Å². The smallest absolute Gasteiger partial charge is 0.238 e. The summed E-state index contributed by atoms with van der Waals surface area (Å²) < 4.78 is 23.0. The summed E-state index contributed by atoms with van der Waals surface area (Å²) in [5.74, 6) is 0. The monoisotopic (exact) mass is 312 g/mol. The summed E-state index contributed by atoms with van der Waals surface area (Å²) in [5.41, 5.74) is 7.35. The summed E-state index contributed by atoms with van der Waals surface area (Å²) in [6, 6.07) is 5.12. The molecule has 0 radical (unpaired) electrons. The van der Waals surface area contributed by atoms with Crippen LogP contribution in [0, 0.1) is 0 Å². The molecule has 0 saturated carbocycles. The van der Waals surface area contributed by atoms with Gasteiger partial charge in [-0.2, -0.15) is 0 Å². The lowest BCUT2D eigenvalue weighted by Gasteiger charge is -2.27. The van der Waals surface area contributed by atoms with Crippen molar-refractivity contribution >= 4 is 21.4 Å². The average Bonchev–Trinajstić information content (AvgIpc) is 2.89. The highest BCUT2D eigenvalue weighted by molar-refractivity contribution is 7.89. The van der Waals surface area contributed by atoms with E-state index < -0.39 is 10.0 Å². The molecule has 118 valence electrons. The summed E-state index contributed by atoms with van der Waals surface area (Å²) in [6.45, 7) is 8.08. The van der Waals surface area contributed by atoms with Crippen LogP contribution in [-0.4, -0.2) is 45.5 Å². The number of hydrogen-bond acceptors (Lipinski definition) is 5. The molecular weight excluding hydrogens is 288 g/mol. The van der Waals surface area contributed by atoms with Crippen LogP contribution >= 0.6 is 0 Å². The van der Waals surface area contributed by atoms with Gasteiger partial charge in [-0.05, 0) is 37.7 Å². The molecule has 0 aliphatic carbocycles. The molecule has 6 nitrogen and oxygen atoms in total. The van der Waals surface area contributed by atoms with Gasteiger partial charge in [-0.3, -0.25) is 4.90 Å². The number of nitrogens with zero attached hydrogens (tertiary/aromatic N) is 2. The zero-order chi connectivity index (χ0) is 15.6. The second-order valence-electron chi connectivity index (χ2n) is 5.38. The zero-order valence-electron chi connectivity index (χ0n) is 12.6. The first-order valence-electron chi connectivity index (χ1n) is 7.28. The number of anilines is 2. The number of likely N-dealkylation sites (N-methyl/N-ethyl adjacent to an activating group) is 1. The van der Waals surface area contributed by atoms with Crippen molar-refractivity contribution in [2.75, 3.05) is 36.8 Å². The van der Waals surface area contributed by atoms with Crippen LogP contribution in [0.25, 0.3) is 0 Å². The van der Waals surface area contributed by atoms with Gasteiger partial charge in [0.2, 0.25) is 10.0 Å². The first kappa shape index (κ1) is 16.1. The first-order chi connectivity index (χ1) is 9.86. The molecule has 1 aromatic rings. The standard InChI is InChI=1S/C14H24N4O2S/c1-3-17(4-2)11-7-8-18(10-11)14-9-12(21(16,19)20)5-6-13(14)15/h5-6,9,11H,3-4,7-8,10,15H2,1-2H3,(H2,16,19,20). The molecule has 2 rings (SSSR count). The van der Waals surface area contributed by atoms with Crippen molar-refractivity contribution in [2.45, 2.75) is 31.2 Å². The molecule has 1 aliphatic heterocycles.